The molecule has 3 nitrogen and oxygen atoms in total. The number of nitrogens with one attached hydrogen (secondary N) is 1. The number of aryl methyl sites for hydroxylation is 2. The lowest BCUT2D eigenvalue weighted by Crippen LogP contribution is -2.15. The van der Waals surface area contributed by atoms with Crippen LogP contribution >= 0.6 is 0 Å². The second kappa shape index (κ2) is 5.02. The maximum Gasteiger partial charge on any atom is 0.138 e. The topological polar surface area (TPSA) is 38.1 Å². The summed E-state index contributed by atoms with van der Waals surface area (Å²) in [5, 5.41) is 7.27. The molecule has 0 spiro atoms. The summed E-state index contributed by atoms with van der Waals surface area (Å²) < 4.78 is 5.06. The third-order valence-corrected chi connectivity index (χ3v) is 2.19. The van der Waals surface area contributed by atoms with Gasteiger partial charge in [-0.25, -0.2) is 0 Å². The SMILES string of the molecule is CCCCNCc1c(C)noc1C. The first-order valence-electron chi connectivity index (χ1n) is 4.88. The zero-order valence-electron chi connectivity index (χ0n) is 8.68. The summed E-state index contributed by atoms with van der Waals surface area (Å²) in [5.41, 5.74) is 2.21. The van der Waals surface area contributed by atoms with E-state index in [0.717, 1.165) is 24.5 Å². The van der Waals surface area contributed by atoms with E-state index in [1.54, 1.807) is 0 Å². The Morgan fingerprint density at radius 3 is 2.69 bits per heavy atom. The normalized spacial score (nSPS) is 10.7. The van der Waals surface area contributed by atoms with E-state index in [1.165, 1.54) is 18.4 Å². The zero-order chi connectivity index (χ0) is 9.68. The lowest BCUT2D eigenvalue weighted by atomic mass is 10.2. The molecule has 0 unspecified atom stereocenters. The molecule has 1 heterocycles. The van der Waals surface area contributed by atoms with Crippen molar-refractivity contribution in [2.75, 3.05) is 6.54 Å². The molecule has 0 saturated carbocycles. The van der Waals surface area contributed by atoms with Crippen LogP contribution in [-0.4, -0.2) is 11.7 Å². The standard InChI is InChI=1S/C10H18N2O/c1-4-5-6-11-7-10-8(2)12-13-9(10)3/h11H,4-7H2,1-3H3. The zero-order valence-corrected chi connectivity index (χ0v) is 8.68. The first kappa shape index (κ1) is 10.3. The summed E-state index contributed by atoms with van der Waals surface area (Å²) in [6.45, 7) is 8.07. The highest BCUT2D eigenvalue weighted by Crippen LogP contribution is 2.11. The Bertz CT molecular complexity index is 236. The van der Waals surface area contributed by atoms with Gasteiger partial charge in [0.15, 0.2) is 0 Å². The molecule has 0 aromatic carbocycles. The van der Waals surface area contributed by atoms with E-state index in [4.69, 9.17) is 4.52 Å². The summed E-state index contributed by atoms with van der Waals surface area (Å²) in [5.74, 6) is 0.932. The van der Waals surface area contributed by atoms with Gasteiger partial charge in [-0.1, -0.05) is 18.5 Å². The van der Waals surface area contributed by atoms with E-state index in [0.29, 0.717) is 0 Å². The lowest BCUT2D eigenvalue weighted by Gasteiger charge is -2.02. The van der Waals surface area contributed by atoms with Crippen LogP contribution < -0.4 is 5.32 Å². The Morgan fingerprint density at radius 2 is 2.15 bits per heavy atom. The van der Waals surface area contributed by atoms with Gasteiger partial charge < -0.3 is 9.84 Å². The van der Waals surface area contributed by atoms with Gasteiger partial charge in [-0.05, 0) is 26.8 Å². The van der Waals surface area contributed by atoms with Crippen molar-refractivity contribution >= 4 is 0 Å². The summed E-state index contributed by atoms with van der Waals surface area (Å²) in [6.07, 6.45) is 2.46. The minimum atomic E-state index is 0.876. The first-order chi connectivity index (χ1) is 6.25. The molecule has 0 atom stereocenters. The van der Waals surface area contributed by atoms with E-state index in [9.17, 15) is 0 Å². The Kier molecular flexibility index (Phi) is 3.96. The van der Waals surface area contributed by atoms with Crippen molar-refractivity contribution in [1.29, 1.82) is 0 Å². The van der Waals surface area contributed by atoms with Crippen molar-refractivity contribution in [3.63, 3.8) is 0 Å². The van der Waals surface area contributed by atoms with E-state index in [-0.39, 0.29) is 0 Å². The Hall–Kier alpha value is -0.830. The van der Waals surface area contributed by atoms with E-state index >= 15 is 0 Å². The molecule has 1 aromatic rings. The minimum Gasteiger partial charge on any atom is -0.361 e. The summed E-state index contributed by atoms with van der Waals surface area (Å²) >= 11 is 0. The maximum atomic E-state index is 5.06. The second-order valence-electron chi connectivity index (χ2n) is 3.33. The fraction of sp³-hybridized carbons (Fsp3) is 0.700. The molecule has 1 rings (SSSR count). The van der Waals surface area contributed by atoms with Crippen LogP contribution in [0.4, 0.5) is 0 Å². The summed E-state index contributed by atoms with van der Waals surface area (Å²) in [7, 11) is 0. The van der Waals surface area contributed by atoms with Crippen LogP contribution in [-0.2, 0) is 6.54 Å². The molecule has 1 N–H and O–H groups in total. The Balaban J connectivity index is 2.36. The number of hydrogen-bond acceptors (Lipinski definition) is 3. The number of nitrogens with zero attached hydrogens (tertiary/aromatic N) is 1. The number of aromatic nitrogens is 1. The third kappa shape index (κ3) is 2.84. The highest BCUT2D eigenvalue weighted by atomic mass is 16.5. The smallest absolute Gasteiger partial charge is 0.138 e. The van der Waals surface area contributed by atoms with Crippen LogP contribution in [0.5, 0.6) is 0 Å². The molecule has 0 amide bonds. The van der Waals surface area contributed by atoms with Crippen molar-refractivity contribution in [1.82, 2.24) is 10.5 Å². The molecule has 0 aliphatic carbocycles. The highest BCUT2D eigenvalue weighted by Gasteiger charge is 2.06. The minimum absolute atomic E-state index is 0.876. The van der Waals surface area contributed by atoms with Crippen LogP contribution in [0.3, 0.4) is 0 Å². The molecular weight excluding hydrogens is 164 g/mol. The lowest BCUT2D eigenvalue weighted by molar-refractivity contribution is 0.392. The first-order valence-corrected chi connectivity index (χ1v) is 4.88. The summed E-state index contributed by atoms with van der Waals surface area (Å²) in [4.78, 5) is 0. The molecule has 3 heteroatoms. The van der Waals surface area contributed by atoms with Crippen molar-refractivity contribution in [3.8, 4) is 0 Å². The van der Waals surface area contributed by atoms with Crippen molar-refractivity contribution < 1.29 is 4.52 Å². The molecule has 1 aromatic heterocycles. The van der Waals surface area contributed by atoms with Crippen LogP contribution in [0, 0.1) is 13.8 Å². The van der Waals surface area contributed by atoms with Crippen LogP contribution in [0.15, 0.2) is 4.52 Å². The molecule has 0 bridgehead atoms. The van der Waals surface area contributed by atoms with E-state index in [1.807, 2.05) is 13.8 Å². The van der Waals surface area contributed by atoms with Gasteiger partial charge in [0.2, 0.25) is 0 Å². The van der Waals surface area contributed by atoms with Gasteiger partial charge >= 0.3 is 0 Å². The highest BCUT2D eigenvalue weighted by molar-refractivity contribution is 5.20. The van der Waals surface area contributed by atoms with Gasteiger partial charge in [-0.3, -0.25) is 0 Å². The third-order valence-electron chi connectivity index (χ3n) is 2.19. The molecule has 0 saturated heterocycles. The van der Waals surface area contributed by atoms with Crippen LogP contribution in [0.1, 0.15) is 36.8 Å². The molecule has 74 valence electrons. The average Bonchev–Trinajstić information content (AvgIpc) is 2.42. The number of rotatable bonds is 5. The van der Waals surface area contributed by atoms with Gasteiger partial charge in [-0.15, -0.1) is 0 Å². The number of unbranched alkanes of at least 4 members (excludes halogenated alkanes) is 1. The average molecular weight is 182 g/mol. The molecular formula is C10H18N2O. The number of hydrogen-bond donors (Lipinski definition) is 1. The Morgan fingerprint density at radius 1 is 1.38 bits per heavy atom. The van der Waals surface area contributed by atoms with E-state index in [2.05, 4.69) is 17.4 Å². The molecule has 13 heavy (non-hydrogen) atoms. The van der Waals surface area contributed by atoms with Crippen LogP contribution in [0.2, 0.25) is 0 Å². The van der Waals surface area contributed by atoms with E-state index < -0.39 is 0 Å². The van der Waals surface area contributed by atoms with Crippen molar-refractivity contribution in [2.24, 2.45) is 0 Å². The van der Waals surface area contributed by atoms with Gasteiger partial charge in [0, 0.05) is 12.1 Å². The molecule has 0 aliphatic rings. The van der Waals surface area contributed by atoms with Crippen molar-refractivity contribution in [2.45, 2.75) is 40.2 Å². The van der Waals surface area contributed by atoms with Gasteiger partial charge in [-0.2, -0.15) is 0 Å². The summed E-state index contributed by atoms with van der Waals surface area (Å²) in [6, 6.07) is 0. The predicted molar refractivity (Wildman–Crippen MR) is 52.6 cm³/mol. The molecule has 0 aliphatic heterocycles. The van der Waals surface area contributed by atoms with Gasteiger partial charge in [0.05, 0.1) is 5.69 Å². The fourth-order valence-corrected chi connectivity index (χ4v) is 1.27. The maximum absolute atomic E-state index is 5.06. The molecule has 0 radical (unpaired) electrons. The monoisotopic (exact) mass is 182 g/mol. The molecule has 0 fully saturated rings. The van der Waals surface area contributed by atoms with Gasteiger partial charge in [0.25, 0.3) is 0 Å². The van der Waals surface area contributed by atoms with Crippen molar-refractivity contribution in [3.05, 3.63) is 17.0 Å². The largest absolute Gasteiger partial charge is 0.361 e. The second-order valence-corrected chi connectivity index (χ2v) is 3.33. The Labute approximate surface area is 79.5 Å². The van der Waals surface area contributed by atoms with Gasteiger partial charge in [0.1, 0.15) is 5.76 Å². The predicted octanol–water partition coefficient (Wildman–Crippen LogP) is 2.18. The fourth-order valence-electron chi connectivity index (χ4n) is 1.27. The quantitative estimate of drug-likeness (QED) is 0.709. The van der Waals surface area contributed by atoms with Crippen LogP contribution in [0.25, 0.3) is 0 Å².